The van der Waals surface area contributed by atoms with E-state index in [2.05, 4.69) is 57.8 Å². The van der Waals surface area contributed by atoms with Crippen molar-refractivity contribution in [2.24, 2.45) is 0 Å². The number of nitrogens with one attached hydrogen (secondary N) is 2. The molecule has 1 heterocycles. The number of aromatic amines is 1. The second-order valence-corrected chi connectivity index (χ2v) is 5.83. The van der Waals surface area contributed by atoms with Crippen LogP contribution in [-0.4, -0.2) is 20.6 Å². The highest BCUT2D eigenvalue weighted by Gasteiger charge is 2.13. The van der Waals surface area contributed by atoms with Crippen molar-refractivity contribution in [3.63, 3.8) is 0 Å². The number of aromatic nitrogens is 4. The zero-order valence-corrected chi connectivity index (χ0v) is 14.1. The standard InChI is InChI=1S/C10H4Br2Cl2N6/c11-5-1-6(13)9(7(12)8(5)14)16-3-4(2-15)10-17-19-20-18-10/h1,3,16H,(H,17,18,19,20). The van der Waals surface area contributed by atoms with Crippen molar-refractivity contribution in [3.8, 4) is 6.07 Å². The molecule has 0 bridgehead atoms. The summed E-state index contributed by atoms with van der Waals surface area (Å²) in [6.45, 7) is 0. The summed E-state index contributed by atoms with van der Waals surface area (Å²) < 4.78 is 1.23. The first-order valence-electron chi connectivity index (χ1n) is 4.98. The normalized spacial score (nSPS) is 11.2. The van der Waals surface area contributed by atoms with E-state index in [-0.39, 0.29) is 11.4 Å². The summed E-state index contributed by atoms with van der Waals surface area (Å²) in [6.07, 6.45) is 1.42. The van der Waals surface area contributed by atoms with E-state index in [1.807, 2.05) is 6.07 Å². The number of tetrazole rings is 1. The molecular weight excluding hydrogens is 435 g/mol. The van der Waals surface area contributed by atoms with Crippen molar-refractivity contribution in [2.45, 2.75) is 0 Å². The van der Waals surface area contributed by atoms with E-state index < -0.39 is 0 Å². The van der Waals surface area contributed by atoms with Gasteiger partial charge in [0.05, 0.1) is 20.2 Å². The van der Waals surface area contributed by atoms with E-state index in [9.17, 15) is 0 Å². The highest BCUT2D eigenvalue weighted by atomic mass is 79.9. The average molecular weight is 439 g/mol. The second kappa shape index (κ2) is 6.54. The Morgan fingerprint density at radius 2 is 2.20 bits per heavy atom. The lowest BCUT2D eigenvalue weighted by Crippen LogP contribution is -1.95. The molecular formula is C10H4Br2Cl2N6. The number of halogens is 4. The molecule has 0 fully saturated rings. The van der Waals surface area contributed by atoms with Gasteiger partial charge in [0, 0.05) is 10.7 Å². The Morgan fingerprint density at radius 1 is 1.45 bits per heavy atom. The third-order valence-electron chi connectivity index (χ3n) is 2.18. The van der Waals surface area contributed by atoms with Gasteiger partial charge in [0.15, 0.2) is 0 Å². The quantitative estimate of drug-likeness (QED) is 0.429. The van der Waals surface area contributed by atoms with Crippen molar-refractivity contribution in [2.75, 3.05) is 5.32 Å². The third-order valence-corrected chi connectivity index (χ3v) is 4.75. The van der Waals surface area contributed by atoms with Gasteiger partial charge in [0.25, 0.3) is 0 Å². The zero-order chi connectivity index (χ0) is 14.7. The molecule has 2 aromatic rings. The lowest BCUT2D eigenvalue weighted by Gasteiger charge is -2.10. The van der Waals surface area contributed by atoms with Crippen LogP contribution in [0.2, 0.25) is 10.0 Å². The van der Waals surface area contributed by atoms with Crippen LogP contribution in [0, 0.1) is 11.3 Å². The molecule has 0 aliphatic rings. The number of hydrogen-bond donors (Lipinski definition) is 2. The Hall–Kier alpha value is -1.14. The largest absolute Gasteiger partial charge is 0.358 e. The Morgan fingerprint density at radius 3 is 2.80 bits per heavy atom. The van der Waals surface area contributed by atoms with Gasteiger partial charge in [-0.3, -0.25) is 0 Å². The van der Waals surface area contributed by atoms with Crippen LogP contribution in [0.5, 0.6) is 0 Å². The fourth-order valence-electron chi connectivity index (χ4n) is 1.27. The molecule has 2 rings (SSSR count). The van der Waals surface area contributed by atoms with Gasteiger partial charge in [-0.05, 0) is 43.1 Å². The summed E-state index contributed by atoms with van der Waals surface area (Å²) >= 11 is 18.8. The van der Waals surface area contributed by atoms with Crippen LogP contribution in [0.15, 0.2) is 21.2 Å². The molecule has 2 N–H and O–H groups in total. The molecule has 102 valence electrons. The van der Waals surface area contributed by atoms with E-state index in [0.717, 1.165) is 0 Å². The molecule has 0 atom stereocenters. The average Bonchev–Trinajstić information content (AvgIpc) is 2.94. The van der Waals surface area contributed by atoms with Crippen molar-refractivity contribution in [1.82, 2.24) is 20.6 Å². The maximum atomic E-state index is 9.05. The SMILES string of the molecule is N#CC(=CNc1c(Cl)cc(Br)c(Cl)c1Br)c1nn[nH]n1. The summed E-state index contributed by atoms with van der Waals surface area (Å²) in [4.78, 5) is 0. The van der Waals surface area contributed by atoms with Crippen molar-refractivity contribution in [3.05, 3.63) is 37.1 Å². The van der Waals surface area contributed by atoms with E-state index in [1.54, 1.807) is 6.07 Å². The highest BCUT2D eigenvalue weighted by Crippen LogP contribution is 2.41. The van der Waals surface area contributed by atoms with Gasteiger partial charge in [-0.15, -0.1) is 10.2 Å². The van der Waals surface area contributed by atoms with Gasteiger partial charge in [-0.1, -0.05) is 23.2 Å². The number of hydrogen-bond acceptors (Lipinski definition) is 5. The van der Waals surface area contributed by atoms with Crippen LogP contribution >= 0.6 is 55.1 Å². The summed E-state index contributed by atoms with van der Waals surface area (Å²) in [6, 6.07) is 3.60. The maximum absolute atomic E-state index is 9.05. The second-order valence-electron chi connectivity index (χ2n) is 3.39. The summed E-state index contributed by atoms with van der Waals surface area (Å²) in [5.74, 6) is 0.176. The summed E-state index contributed by atoms with van der Waals surface area (Å²) in [7, 11) is 0. The molecule has 0 aliphatic heterocycles. The van der Waals surface area contributed by atoms with Crippen LogP contribution < -0.4 is 5.32 Å². The minimum absolute atomic E-state index is 0.176. The summed E-state index contributed by atoms with van der Waals surface area (Å²) in [5.41, 5.74) is 0.719. The number of anilines is 1. The third kappa shape index (κ3) is 3.12. The first-order chi connectivity index (χ1) is 9.54. The number of H-pyrrole nitrogens is 1. The molecule has 1 aromatic heterocycles. The molecule has 20 heavy (non-hydrogen) atoms. The van der Waals surface area contributed by atoms with Crippen LogP contribution in [-0.2, 0) is 0 Å². The molecule has 0 aliphatic carbocycles. The van der Waals surface area contributed by atoms with Gasteiger partial charge in [-0.2, -0.15) is 10.5 Å². The predicted molar refractivity (Wildman–Crippen MR) is 83.3 cm³/mol. The van der Waals surface area contributed by atoms with E-state index >= 15 is 0 Å². The van der Waals surface area contributed by atoms with Crippen molar-refractivity contribution < 1.29 is 0 Å². The summed E-state index contributed by atoms with van der Waals surface area (Å²) in [5, 5.41) is 25.9. The minimum Gasteiger partial charge on any atom is -0.358 e. The van der Waals surface area contributed by atoms with Gasteiger partial charge in [0.1, 0.15) is 11.6 Å². The van der Waals surface area contributed by atoms with E-state index in [0.29, 0.717) is 24.7 Å². The number of nitrogens with zero attached hydrogens (tertiary/aromatic N) is 4. The molecule has 0 spiro atoms. The lowest BCUT2D eigenvalue weighted by atomic mass is 10.3. The van der Waals surface area contributed by atoms with Gasteiger partial charge < -0.3 is 5.32 Å². The van der Waals surface area contributed by atoms with Crippen LogP contribution in [0.4, 0.5) is 5.69 Å². The predicted octanol–water partition coefficient (Wildman–Crippen LogP) is 4.01. The fourth-order valence-corrected chi connectivity index (χ4v) is 3.15. The molecule has 0 amide bonds. The Labute approximate surface area is 140 Å². The van der Waals surface area contributed by atoms with Crippen LogP contribution in [0.25, 0.3) is 5.57 Å². The Balaban J connectivity index is 2.36. The van der Waals surface area contributed by atoms with Crippen LogP contribution in [0.3, 0.4) is 0 Å². The van der Waals surface area contributed by atoms with Crippen LogP contribution in [0.1, 0.15) is 5.82 Å². The molecule has 0 radical (unpaired) electrons. The minimum atomic E-state index is 0.176. The number of rotatable bonds is 3. The van der Waals surface area contributed by atoms with Gasteiger partial charge in [-0.25, -0.2) is 0 Å². The Kier molecular flexibility index (Phi) is 4.99. The topological polar surface area (TPSA) is 90.3 Å². The first kappa shape index (κ1) is 15.3. The first-order valence-corrected chi connectivity index (χ1v) is 7.32. The monoisotopic (exact) mass is 436 g/mol. The Bertz CT molecular complexity index is 708. The molecule has 0 saturated carbocycles. The van der Waals surface area contributed by atoms with Crippen molar-refractivity contribution in [1.29, 1.82) is 5.26 Å². The van der Waals surface area contributed by atoms with Gasteiger partial charge >= 0.3 is 0 Å². The maximum Gasteiger partial charge on any atom is 0.216 e. The van der Waals surface area contributed by atoms with E-state index in [1.165, 1.54) is 6.20 Å². The van der Waals surface area contributed by atoms with Gasteiger partial charge in [0.2, 0.25) is 5.82 Å². The number of nitriles is 1. The number of benzene rings is 1. The molecule has 0 saturated heterocycles. The molecule has 10 heteroatoms. The smallest absolute Gasteiger partial charge is 0.216 e. The lowest BCUT2D eigenvalue weighted by molar-refractivity contribution is 0.881. The molecule has 1 aromatic carbocycles. The fraction of sp³-hybridized carbons (Fsp3) is 0. The number of allylic oxidation sites excluding steroid dienone is 1. The van der Waals surface area contributed by atoms with E-state index in [4.69, 9.17) is 28.5 Å². The zero-order valence-electron chi connectivity index (χ0n) is 9.46. The van der Waals surface area contributed by atoms with Crippen molar-refractivity contribution >= 4 is 66.3 Å². The molecule has 6 nitrogen and oxygen atoms in total. The molecule has 0 unspecified atom stereocenters. The highest BCUT2D eigenvalue weighted by molar-refractivity contribution is 9.11.